The number of rotatable bonds is 4. The van der Waals surface area contributed by atoms with Gasteiger partial charge in [0.1, 0.15) is 5.75 Å². The molecular weight excluding hydrogens is 286 g/mol. The molecule has 4 nitrogen and oxygen atoms in total. The molecule has 5 heteroatoms. The highest BCUT2D eigenvalue weighted by Crippen LogP contribution is 2.28. The Hall–Kier alpha value is -2.01. The number of anilines is 1. The highest BCUT2D eigenvalue weighted by Gasteiger charge is 2.18. The fraction of sp³-hybridized carbons (Fsp3) is 0.250. The van der Waals surface area contributed by atoms with E-state index >= 15 is 0 Å². The molecule has 0 bridgehead atoms. The zero-order valence-electron chi connectivity index (χ0n) is 12.6. The Morgan fingerprint density at radius 2 is 1.57 bits per heavy atom. The predicted molar refractivity (Wildman–Crippen MR) is 84.5 cm³/mol. The molecule has 0 atom stereocenters. The second kappa shape index (κ2) is 5.77. The average molecular weight is 305 g/mol. The van der Waals surface area contributed by atoms with E-state index in [1.807, 2.05) is 26.0 Å². The summed E-state index contributed by atoms with van der Waals surface area (Å²) in [5.74, 6) is 0.503. The molecule has 2 rings (SSSR count). The van der Waals surface area contributed by atoms with Crippen molar-refractivity contribution in [3.05, 3.63) is 53.1 Å². The molecule has 0 unspecified atom stereocenters. The first kappa shape index (κ1) is 15.4. The van der Waals surface area contributed by atoms with Crippen molar-refractivity contribution < 1.29 is 13.2 Å². The molecule has 112 valence electrons. The smallest absolute Gasteiger partial charge is 0.262 e. The Labute approximate surface area is 125 Å². The summed E-state index contributed by atoms with van der Waals surface area (Å²) in [4.78, 5) is 0.274. The molecule has 2 aromatic rings. The van der Waals surface area contributed by atoms with E-state index in [1.54, 1.807) is 31.2 Å². The molecule has 0 fully saturated rings. The summed E-state index contributed by atoms with van der Waals surface area (Å²) >= 11 is 0. The van der Waals surface area contributed by atoms with Crippen molar-refractivity contribution in [2.24, 2.45) is 0 Å². The lowest BCUT2D eigenvalue weighted by Gasteiger charge is -2.14. The molecule has 0 spiro atoms. The minimum absolute atomic E-state index is 0.274. The lowest BCUT2D eigenvalue weighted by Crippen LogP contribution is -2.15. The first-order chi connectivity index (χ1) is 9.83. The van der Waals surface area contributed by atoms with Gasteiger partial charge < -0.3 is 4.74 Å². The molecular formula is C16H19NO3S. The highest BCUT2D eigenvalue weighted by atomic mass is 32.2. The van der Waals surface area contributed by atoms with Crippen LogP contribution in [0.5, 0.6) is 5.75 Å². The average Bonchev–Trinajstić information content (AvgIpc) is 2.40. The van der Waals surface area contributed by atoms with Crippen LogP contribution in [0, 0.1) is 20.8 Å². The van der Waals surface area contributed by atoms with Gasteiger partial charge in [0.2, 0.25) is 0 Å². The van der Waals surface area contributed by atoms with Gasteiger partial charge in [0.05, 0.1) is 17.7 Å². The van der Waals surface area contributed by atoms with E-state index in [0.717, 1.165) is 11.1 Å². The van der Waals surface area contributed by atoms with Crippen molar-refractivity contribution in [1.29, 1.82) is 0 Å². The number of aryl methyl sites for hydroxylation is 3. The third kappa shape index (κ3) is 3.36. The number of benzene rings is 2. The molecule has 0 saturated heterocycles. The van der Waals surface area contributed by atoms with Gasteiger partial charge in [-0.3, -0.25) is 4.72 Å². The normalized spacial score (nSPS) is 11.2. The van der Waals surface area contributed by atoms with Crippen LogP contribution in [-0.4, -0.2) is 15.5 Å². The molecule has 0 aliphatic carbocycles. The van der Waals surface area contributed by atoms with Gasteiger partial charge >= 0.3 is 0 Å². The summed E-state index contributed by atoms with van der Waals surface area (Å²) in [7, 11) is -2.12. The maximum Gasteiger partial charge on any atom is 0.262 e. The number of nitrogens with one attached hydrogen (secondary N) is 1. The van der Waals surface area contributed by atoms with Gasteiger partial charge in [0, 0.05) is 0 Å². The molecule has 0 radical (unpaired) electrons. The van der Waals surface area contributed by atoms with Crippen LogP contribution in [-0.2, 0) is 10.0 Å². The highest BCUT2D eigenvalue weighted by molar-refractivity contribution is 7.92. The van der Waals surface area contributed by atoms with E-state index in [9.17, 15) is 8.42 Å². The third-order valence-corrected chi connectivity index (χ3v) is 4.75. The van der Waals surface area contributed by atoms with Gasteiger partial charge in [-0.25, -0.2) is 8.42 Å². The topological polar surface area (TPSA) is 55.4 Å². The number of hydrogen-bond donors (Lipinski definition) is 1. The van der Waals surface area contributed by atoms with E-state index < -0.39 is 10.0 Å². The molecule has 1 N–H and O–H groups in total. The fourth-order valence-electron chi connectivity index (χ4n) is 2.18. The van der Waals surface area contributed by atoms with E-state index in [2.05, 4.69) is 4.72 Å². The number of ether oxygens (including phenoxy) is 1. The number of methoxy groups -OCH3 is 1. The lowest BCUT2D eigenvalue weighted by molar-refractivity contribution is 0.416. The van der Waals surface area contributed by atoms with E-state index in [1.165, 1.54) is 7.11 Å². The van der Waals surface area contributed by atoms with E-state index in [4.69, 9.17) is 4.74 Å². The molecule has 21 heavy (non-hydrogen) atoms. The van der Waals surface area contributed by atoms with Crippen LogP contribution in [0.25, 0.3) is 0 Å². The Balaban J connectivity index is 2.42. The van der Waals surface area contributed by atoms with Crippen molar-refractivity contribution in [3.8, 4) is 5.75 Å². The fourth-order valence-corrected chi connectivity index (χ4v) is 3.48. The monoisotopic (exact) mass is 305 g/mol. The Morgan fingerprint density at radius 1 is 0.952 bits per heavy atom. The quantitative estimate of drug-likeness (QED) is 0.941. The molecule has 0 aliphatic rings. The second-order valence-electron chi connectivity index (χ2n) is 5.08. The van der Waals surface area contributed by atoms with Gasteiger partial charge in [-0.15, -0.1) is 0 Å². The van der Waals surface area contributed by atoms with Crippen LogP contribution in [0.1, 0.15) is 16.7 Å². The van der Waals surface area contributed by atoms with Gasteiger partial charge in [-0.2, -0.15) is 0 Å². The first-order valence-corrected chi connectivity index (χ1v) is 8.06. The second-order valence-corrected chi connectivity index (χ2v) is 6.73. The third-order valence-electron chi connectivity index (χ3n) is 3.22. The molecule has 0 aliphatic heterocycles. The van der Waals surface area contributed by atoms with Crippen molar-refractivity contribution in [1.82, 2.24) is 0 Å². The van der Waals surface area contributed by atoms with Crippen LogP contribution < -0.4 is 9.46 Å². The summed E-state index contributed by atoms with van der Waals surface area (Å²) in [6.45, 7) is 5.64. The predicted octanol–water partition coefficient (Wildman–Crippen LogP) is 3.42. The molecule has 0 heterocycles. The Morgan fingerprint density at radius 3 is 2.19 bits per heavy atom. The standard InChI is InChI=1S/C16H19NO3S/c1-11-6-8-16(13(3)9-11)21(18,19)17-14-7-5-12(2)10-15(14)20-4/h5-10,17H,1-4H3. The maximum absolute atomic E-state index is 12.5. The van der Waals surface area contributed by atoms with Crippen molar-refractivity contribution >= 4 is 15.7 Å². The van der Waals surface area contributed by atoms with Crippen molar-refractivity contribution in [2.75, 3.05) is 11.8 Å². The van der Waals surface area contributed by atoms with E-state index in [-0.39, 0.29) is 4.90 Å². The maximum atomic E-state index is 12.5. The number of sulfonamides is 1. The summed E-state index contributed by atoms with van der Waals surface area (Å²) in [5, 5.41) is 0. The first-order valence-electron chi connectivity index (χ1n) is 6.58. The summed E-state index contributed by atoms with van der Waals surface area (Å²) in [6.07, 6.45) is 0. The minimum Gasteiger partial charge on any atom is -0.495 e. The van der Waals surface area contributed by atoms with Crippen LogP contribution in [0.3, 0.4) is 0 Å². The zero-order valence-corrected chi connectivity index (χ0v) is 13.4. The number of hydrogen-bond acceptors (Lipinski definition) is 3. The van der Waals surface area contributed by atoms with Crippen molar-refractivity contribution in [2.45, 2.75) is 25.7 Å². The molecule has 2 aromatic carbocycles. The Bertz CT molecular complexity index is 767. The van der Waals surface area contributed by atoms with Gasteiger partial charge in [-0.1, -0.05) is 23.8 Å². The van der Waals surface area contributed by atoms with Crippen LogP contribution >= 0.6 is 0 Å². The Kier molecular flexibility index (Phi) is 4.23. The SMILES string of the molecule is COc1cc(C)ccc1NS(=O)(=O)c1ccc(C)cc1C. The summed E-state index contributed by atoms with van der Waals surface area (Å²) in [6, 6.07) is 10.6. The lowest BCUT2D eigenvalue weighted by atomic mass is 10.2. The molecule has 0 amide bonds. The van der Waals surface area contributed by atoms with Crippen LogP contribution in [0.4, 0.5) is 5.69 Å². The summed E-state index contributed by atoms with van der Waals surface area (Å²) < 4.78 is 32.9. The molecule has 0 saturated carbocycles. The van der Waals surface area contributed by atoms with Gasteiger partial charge in [0.25, 0.3) is 10.0 Å². The zero-order chi connectivity index (χ0) is 15.6. The summed E-state index contributed by atoms with van der Waals surface area (Å²) in [5.41, 5.74) is 3.18. The largest absolute Gasteiger partial charge is 0.495 e. The molecule has 0 aromatic heterocycles. The van der Waals surface area contributed by atoms with E-state index in [0.29, 0.717) is 17.0 Å². The van der Waals surface area contributed by atoms with Crippen LogP contribution in [0.15, 0.2) is 41.3 Å². The van der Waals surface area contributed by atoms with Crippen LogP contribution in [0.2, 0.25) is 0 Å². The minimum atomic E-state index is -3.64. The van der Waals surface area contributed by atoms with Gasteiger partial charge in [0.15, 0.2) is 0 Å². The van der Waals surface area contributed by atoms with Crippen molar-refractivity contribution in [3.63, 3.8) is 0 Å². The van der Waals surface area contributed by atoms with Gasteiger partial charge in [-0.05, 0) is 50.1 Å².